The zero-order valence-electron chi connectivity index (χ0n) is 15.6. The molecule has 2 aromatic carbocycles. The molecule has 1 amide bonds. The van der Waals surface area contributed by atoms with Gasteiger partial charge in [0, 0.05) is 37.4 Å². The number of hydrogen-bond acceptors (Lipinski definition) is 4. The molecule has 1 saturated heterocycles. The molecule has 1 fully saturated rings. The van der Waals surface area contributed by atoms with E-state index in [9.17, 15) is 18.0 Å². The van der Waals surface area contributed by atoms with E-state index in [0.717, 1.165) is 12.1 Å². The molecule has 0 aliphatic carbocycles. The molecule has 0 saturated carbocycles. The number of ether oxygens (including phenoxy) is 2. The lowest BCUT2D eigenvalue weighted by Gasteiger charge is -2.36. The summed E-state index contributed by atoms with van der Waals surface area (Å²) < 4.78 is 48.5. The van der Waals surface area contributed by atoms with Crippen LogP contribution < -0.4 is 14.4 Å². The minimum absolute atomic E-state index is 0.118. The highest BCUT2D eigenvalue weighted by atomic mass is 19.4. The fraction of sp³-hybridized carbons (Fsp3) is 0.350. The predicted molar refractivity (Wildman–Crippen MR) is 99.1 cm³/mol. The molecule has 1 aliphatic rings. The number of piperazine rings is 1. The standard InChI is InChI=1S/C20H21F3N2O3/c1-27-17-8-3-14(13-18(17)28-2)19(26)25-11-9-24(10-12-25)16-6-4-15(5-7-16)20(21,22)23/h3-8,13H,9-12H2,1-2H3. The summed E-state index contributed by atoms with van der Waals surface area (Å²) in [5, 5.41) is 0. The van der Waals surface area contributed by atoms with Gasteiger partial charge in [0.15, 0.2) is 11.5 Å². The van der Waals surface area contributed by atoms with Crippen LogP contribution in [0.1, 0.15) is 15.9 Å². The molecule has 2 aromatic rings. The van der Waals surface area contributed by atoms with Crippen LogP contribution in [0.2, 0.25) is 0 Å². The van der Waals surface area contributed by atoms with Gasteiger partial charge in [0.25, 0.3) is 5.91 Å². The number of nitrogens with zero attached hydrogens (tertiary/aromatic N) is 2. The van der Waals surface area contributed by atoms with E-state index in [1.54, 1.807) is 23.1 Å². The number of carbonyl (C=O) groups excluding carboxylic acids is 1. The van der Waals surface area contributed by atoms with Crippen LogP contribution in [-0.2, 0) is 6.18 Å². The fourth-order valence-corrected chi connectivity index (χ4v) is 3.18. The van der Waals surface area contributed by atoms with E-state index in [-0.39, 0.29) is 5.91 Å². The zero-order valence-corrected chi connectivity index (χ0v) is 15.6. The van der Waals surface area contributed by atoms with Gasteiger partial charge in [-0.3, -0.25) is 4.79 Å². The SMILES string of the molecule is COc1ccc(C(=O)N2CCN(c3ccc(C(F)(F)F)cc3)CC2)cc1OC. The van der Waals surface area contributed by atoms with E-state index in [1.165, 1.54) is 26.4 Å². The first-order valence-corrected chi connectivity index (χ1v) is 8.77. The molecule has 1 heterocycles. The maximum atomic E-state index is 12.8. The second-order valence-corrected chi connectivity index (χ2v) is 6.39. The summed E-state index contributed by atoms with van der Waals surface area (Å²) in [4.78, 5) is 16.4. The monoisotopic (exact) mass is 394 g/mol. The molecule has 8 heteroatoms. The summed E-state index contributed by atoms with van der Waals surface area (Å²) in [6.07, 6.45) is -4.34. The molecule has 0 aromatic heterocycles. The molecule has 1 aliphatic heterocycles. The summed E-state index contributed by atoms with van der Waals surface area (Å²) >= 11 is 0. The number of rotatable bonds is 4. The normalized spacial score (nSPS) is 14.8. The number of amides is 1. The van der Waals surface area contributed by atoms with E-state index in [0.29, 0.717) is 48.9 Å². The van der Waals surface area contributed by atoms with Crippen LogP contribution >= 0.6 is 0 Å². The van der Waals surface area contributed by atoms with Gasteiger partial charge in [0.1, 0.15) is 0 Å². The Morgan fingerprint density at radius 3 is 2.04 bits per heavy atom. The van der Waals surface area contributed by atoms with Gasteiger partial charge in [-0.1, -0.05) is 0 Å². The van der Waals surface area contributed by atoms with Crippen LogP contribution in [0.4, 0.5) is 18.9 Å². The summed E-state index contributed by atoms with van der Waals surface area (Å²) in [6.45, 7) is 2.05. The third kappa shape index (κ3) is 4.16. The molecule has 0 radical (unpaired) electrons. The highest BCUT2D eigenvalue weighted by Gasteiger charge is 2.30. The molecule has 0 atom stereocenters. The maximum Gasteiger partial charge on any atom is 0.416 e. The Labute approximate surface area is 161 Å². The molecule has 0 spiro atoms. The maximum absolute atomic E-state index is 12.8. The summed E-state index contributed by atoms with van der Waals surface area (Å²) in [6, 6.07) is 10.1. The second-order valence-electron chi connectivity index (χ2n) is 6.39. The van der Waals surface area contributed by atoms with Crippen molar-refractivity contribution in [3.63, 3.8) is 0 Å². The molecular formula is C20H21F3N2O3. The Balaban J connectivity index is 1.64. The second kappa shape index (κ2) is 8.00. The summed E-state index contributed by atoms with van der Waals surface area (Å²) in [5.41, 5.74) is 0.547. The van der Waals surface area contributed by atoms with Crippen molar-refractivity contribution in [1.82, 2.24) is 4.90 Å². The Kier molecular flexibility index (Phi) is 5.67. The van der Waals surface area contributed by atoms with E-state index < -0.39 is 11.7 Å². The number of methoxy groups -OCH3 is 2. The van der Waals surface area contributed by atoms with Gasteiger partial charge in [-0.25, -0.2) is 0 Å². The first kappa shape index (κ1) is 19.9. The van der Waals surface area contributed by atoms with E-state index in [2.05, 4.69) is 0 Å². The highest BCUT2D eigenvalue weighted by molar-refractivity contribution is 5.95. The first-order chi connectivity index (χ1) is 13.3. The van der Waals surface area contributed by atoms with Crippen LogP contribution in [0.5, 0.6) is 11.5 Å². The van der Waals surface area contributed by atoms with Gasteiger partial charge in [-0.15, -0.1) is 0 Å². The van der Waals surface area contributed by atoms with E-state index in [1.807, 2.05) is 4.90 Å². The van der Waals surface area contributed by atoms with Crippen LogP contribution in [-0.4, -0.2) is 51.2 Å². The number of anilines is 1. The van der Waals surface area contributed by atoms with Crippen LogP contribution in [0.15, 0.2) is 42.5 Å². The lowest BCUT2D eigenvalue weighted by atomic mass is 10.1. The number of benzene rings is 2. The Morgan fingerprint density at radius 1 is 0.893 bits per heavy atom. The minimum atomic E-state index is -4.34. The fourth-order valence-electron chi connectivity index (χ4n) is 3.18. The topological polar surface area (TPSA) is 42.0 Å². The van der Waals surface area contributed by atoms with E-state index in [4.69, 9.17) is 9.47 Å². The number of hydrogen-bond donors (Lipinski definition) is 0. The van der Waals surface area contributed by atoms with Gasteiger partial charge in [0.2, 0.25) is 0 Å². The summed E-state index contributed by atoms with van der Waals surface area (Å²) in [5.74, 6) is 0.913. The van der Waals surface area contributed by atoms with Gasteiger partial charge in [-0.05, 0) is 42.5 Å². The molecular weight excluding hydrogens is 373 g/mol. The van der Waals surface area contributed by atoms with Crippen molar-refractivity contribution < 1.29 is 27.4 Å². The Bertz CT molecular complexity index is 830. The average molecular weight is 394 g/mol. The highest BCUT2D eigenvalue weighted by Crippen LogP contribution is 2.31. The van der Waals surface area contributed by atoms with Gasteiger partial charge < -0.3 is 19.3 Å². The molecule has 150 valence electrons. The predicted octanol–water partition coefficient (Wildman–Crippen LogP) is 3.69. The van der Waals surface area contributed by atoms with Crippen molar-refractivity contribution in [3.8, 4) is 11.5 Å². The smallest absolute Gasteiger partial charge is 0.416 e. The van der Waals surface area contributed by atoms with Crippen molar-refractivity contribution in [2.24, 2.45) is 0 Å². The first-order valence-electron chi connectivity index (χ1n) is 8.77. The Hall–Kier alpha value is -2.90. The lowest BCUT2D eigenvalue weighted by Crippen LogP contribution is -2.48. The van der Waals surface area contributed by atoms with Crippen molar-refractivity contribution in [2.75, 3.05) is 45.3 Å². The third-order valence-corrected chi connectivity index (χ3v) is 4.76. The molecule has 0 N–H and O–H groups in total. The van der Waals surface area contributed by atoms with Crippen molar-refractivity contribution in [1.29, 1.82) is 0 Å². The van der Waals surface area contributed by atoms with Crippen LogP contribution in [0, 0.1) is 0 Å². The third-order valence-electron chi connectivity index (χ3n) is 4.76. The van der Waals surface area contributed by atoms with Crippen LogP contribution in [0.3, 0.4) is 0 Å². The van der Waals surface area contributed by atoms with Gasteiger partial charge in [-0.2, -0.15) is 13.2 Å². The largest absolute Gasteiger partial charge is 0.493 e. The van der Waals surface area contributed by atoms with E-state index >= 15 is 0 Å². The Morgan fingerprint density at radius 2 is 1.50 bits per heavy atom. The molecule has 0 unspecified atom stereocenters. The van der Waals surface area contributed by atoms with Crippen molar-refractivity contribution in [3.05, 3.63) is 53.6 Å². The van der Waals surface area contributed by atoms with Gasteiger partial charge >= 0.3 is 6.18 Å². The molecule has 5 nitrogen and oxygen atoms in total. The lowest BCUT2D eigenvalue weighted by molar-refractivity contribution is -0.137. The van der Waals surface area contributed by atoms with Crippen LogP contribution in [0.25, 0.3) is 0 Å². The molecule has 0 bridgehead atoms. The zero-order chi connectivity index (χ0) is 20.3. The quantitative estimate of drug-likeness (QED) is 0.793. The van der Waals surface area contributed by atoms with Gasteiger partial charge in [0.05, 0.1) is 19.8 Å². The van der Waals surface area contributed by atoms with Crippen molar-refractivity contribution >= 4 is 11.6 Å². The number of halogens is 3. The molecule has 28 heavy (non-hydrogen) atoms. The average Bonchev–Trinajstić information content (AvgIpc) is 2.72. The molecule has 3 rings (SSSR count). The number of carbonyl (C=O) groups is 1. The minimum Gasteiger partial charge on any atom is -0.493 e. The number of alkyl halides is 3. The summed E-state index contributed by atoms with van der Waals surface area (Å²) in [7, 11) is 3.04. The van der Waals surface area contributed by atoms with Crippen molar-refractivity contribution in [2.45, 2.75) is 6.18 Å².